The van der Waals surface area contributed by atoms with Crippen LogP contribution >= 0.6 is 12.2 Å². The molecule has 1 atom stereocenters. The lowest BCUT2D eigenvalue weighted by atomic mass is 10.1. The van der Waals surface area contributed by atoms with Crippen LogP contribution in [0, 0.1) is 0 Å². The second kappa shape index (κ2) is 7.38. The Kier molecular flexibility index (Phi) is 5.51. The third-order valence-electron chi connectivity index (χ3n) is 3.46. The molecule has 0 bridgehead atoms. The lowest BCUT2D eigenvalue weighted by Gasteiger charge is -2.10. The van der Waals surface area contributed by atoms with E-state index in [1.54, 1.807) is 13.3 Å². The molecule has 5 nitrogen and oxygen atoms in total. The molecule has 22 heavy (non-hydrogen) atoms. The molecule has 1 amide bonds. The summed E-state index contributed by atoms with van der Waals surface area (Å²) in [6.07, 6.45) is 3.84. The van der Waals surface area contributed by atoms with Gasteiger partial charge in [-0.1, -0.05) is 12.2 Å². The molecule has 0 aliphatic carbocycles. The van der Waals surface area contributed by atoms with Gasteiger partial charge in [0.15, 0.2) is 0 Å². The molecule has 6 heteroatoms. The number of carbonyl (C=O) groups is 1. The van der Waals surface area contributed by atoms with Gasteiger partial charge in [0.2, 0.25) is 5.91 Å². The van der Waals surface area contributed by atoms with Crippen molar-refractivity contribution in [1.29, 1.82) is 0 Å². The molecule has 1 heterocycles. The van der Waals surface area contributed by atoms with Crippen molar-refractivity contribution < 1.29 is 9.21 Å². The highest BCUT2D eigenvalue weighted by Crippen LogP contribution is 2.26. The zero-order valence-electron chi connectivity index (χ0n) is 12.8. The fourth-order valence-electron chi connectivity index (χ4n) is 2.17. The summed E-state index contributed by atoms with van der Waals surface area (Å²) in [6, 6.07) is 5.63. The number of hydrogen-bond acceptors (Lipinski definition) is 4. The first-order valence-electron chi connectivity index (χ1n) is 7.28. The Morgan fingerprint density at radius 1 is 1.45 bits per heavy atom. The van der Waals surface area contributed by atoms with Crippen LogP contribution in [0.4, 0.5) is 5.69 Å². The number of carbonyl (C=O) groups excluding carboxylic acids is 1. The summed E-state index contributed by atoms with van der Waals surface area (Å²) in [7, 11) is 1.65. The van der Waals surface area contributed by atoms with E-state index in [9.17, 15) is 4.79 Å². The van der Waals surface area contributed by atoms with E-state index in [-0.39, 0.29) is 11.9 Å². The second-order valence-electron chi connectivity index (χ2n) is 5.28. The number of anilines is 1. The maximum absolute atomic E-state index is 11.3. The molecule has 0 saturated carbocycles. The lowest BCUT2D eigenvalue weighted by Crippen LogP contribution is -2.30. The minimum absolute atomic E-state index is 0.0532. The van der Waals surface area contributed by atoms with Gasteiger partial charge in [-0.05, 0) is 43.5 Å². The zero-order chi connectivity index (χ0) is 16.1. The SMILES string of the molecule is CNC(=O)CCCc1coc2ccc(NC(=S)C(C)N)cc12. The van der Waals surface area contributed by atoms with E-state index >= 15 is 0 Å². The third-order valence-corrected chi connectivity index (χ3v) is 3.94. The van der Waals surface area contributed by atoms with Gasteiger partial charge in [0.25, 0.3) is 0 Å². The number of nitrogens with one attached hydrogen (secondary N) is 2. The molecule has 4 N–H and O–H groups in total. The number of furan rings is 1. The molecule has 0 saturated heterocycles. The summed E-state index contributed by atoms with van der Waals surface area (Å²) >= 11 is 5.20. The average molecular weight is 319 g/mol. The van der Waals surface area contributed by atoms with E-state index in [4.69, 9.17) is 22.4 Å². The Balaban J connectivity index is 2.11. The Morgan fingerprint density at radius 3 is 2.91 bits per heavy atom. The van der Waals surface area contributed by atoms with Crippen LogP contribution in [-0.4, -0.2) is 24.0 Å². The molecule has 2 rings (SSSR count). The standard InChI is InChI=1S/C16H21N3O2S/c1-10(17)16(22)19-12-6-7-14-13(8-12)11(9-21-14)4-3-5-15(20)18-2/h6-10H,3-5,17H2,1-2H3,(H,18,20)(H,19,22). The van der Waals surface area contributed by atoms with E-state index < -0.39 is 0 Å². The van der Waals surface area contributed by atoms with Crippen molar-refractivity contribution in [2.45, 2.75) is 32.2 Å². The van der Waals surface area contributed by atoms with Crippen LogP contribution in [0.1, 0.15) is 25.3 Å². The summed E-state index contributed by atoms with van der Waals surface area (Å²) in [4.78, 5) is 11.9. The second-order valence-corrected chi connectivity index (χ2v) is 5.72. The van der Waals surface area contributed by atoms with Gasteiger partial charge in [-0.3, -0.25) is 4.79 Å². The fraction of sp³-hybridized carbons (Fsp3) is 0.375. The van der Waals surface area contributed by atoms with E-state index in [2.05, 4.69) is 10.6 Å². The average Bonchev–Trinajstić information content (AvgIpc) is 2.89. The first kappa shape index (κ1) is 16.5. The van der Waals surface area contributed by atoms with Crippen molar-refractivity contribution in [3.63, 3.8) is 0 Å². The Morgan fingerprint density at radius 2 is 2.23 bits per heavy atom. The highest BCUT2D eigenvalue weighted by atomic mass is 32.1. The zero-order valence-corrected chi connectivity index (χ0v) is 13.6. The normalized spacial score (nSPS) is 12.1. The molecule has 0 radical (unpaired) electrons. The Labute approximate surface area is 135 Å². The van der Waals surface area contributed by atoms with E-state index in [0.717, 1.165) is 35.1 Å². The van der Waals surface area contributed by atoms with Crippen molar-refractivity contribution >= 4 is 39.8 Å². The number of nitrogens with two attached hydrogens (primary N) is 1. The first-order chi connectivity index (χ1) is 10.5. The topological polar surface area (TPSA) is 80.3 Å². The minimum atomic E-state index is -0.193. The molecule has 118 valence electrons. The molecular weight excluding hydrogens is 298 g/mol. The third kappa shape index (κ3) is 4.05. The van der Waals surface area contributed by atoms with Crippen LogP contribution in [0.15, 0.2) is 28.9 Å². The molecule has 0 fully saturated rings. The van der Waals surface area contributed by atoms with Crippen molar-refractivity contribution in [1.82, 2.24) is 5.32 Å². The molecule has 0 aliphatic heterocycles. The highest BCUT2D eigenvalue weighted by molar-refractivity contribution is 7.80. The highest BCUT2D eigenvalue weighted by Gasteiger charge is 2.09. The van der Waals surface area contributed by atoms with E-state index in [0.29, 0.717) is 11.4 Å². The van der Waals surface area contributed by atoms with E-state index in [1.165, 1.54) is 0 Å². The minimum Gasteiger partial charge on any atom is -0.464 e. The van der Waals surface area contributed by atoms with Crippen molar-refractivity contribution in [2.24, 2.45) is 5.73 Å². The number of rotatable bonds is 6. The van der Waals surface area contributed by atoms with Crippen molar-refractivity contribution in [3.05, 3.63) is 30.0 Å². The van der Waals surface area contributed by atoms with Crippen LogP contribution < -0.4 is 16.4 Å². The molecular formula is C16H21N3O2S. The molecule has 1 aromatic heterocycles. The van der Waals surface area contributed by atoms with Crippen molar-refractivity contribution in [2.75, 3.05) is 12.4 Å². The van der Waals surface area contributed by atoms with Gasteiger partial charge in [-0.2, -0.15) is 0 Å². The maximum Gasteiger partial charge on any atom is 0.219 e. The fourth-order valence-corrected chi connectivity index (χ4v) is 2.29. The number of aryl methyl sites for hydroxylation is 1. The molecule has 1 aromatic carbocycles. The molecule has 0 spiro atoms. The van der Waals surface area contributed by atoms with Gasteiger partial charge in [0.05, 0.1) is 17.3 Å². The smallest absolute Gasteiger partial charge is 0.219 e. The number of amides is 1. The predicted molar refractivity (Wildman–Crippen MR) is 93.1 cm³/mol. The summed E-state index contributed by atoms with van der Waals surface area (Å²) in [5, 5.41) is 6.80. The Bertz CT molecular complexity index is 679. The summed E-state index contributed by atoms with van der Waals surface area (Å²) in [5.74, 6) is 0.0532. The van der Waals surface area contributed by atoms with Gasteiger partial charge in [0.1, 0.15) is 5.58 Å². The molecule has 1 unspecified atom stereocenters. The molecule has 0 aliphatic rings. The van der Waals surface area contributed by atoms with Crippen molar-refractivity contribution in [3.8, 4) is 0 Å². The van der Waals surface area contributed by atoms with Gasteiger partial charge in [0, 0.05) is 24.5 Å². The quantitative estimate of drug-likeness (QED) is 0.713. The van der Waals surface area contributed by atoms with Crippen LogP contribution in [0.3, 0.4) is 0 Å². The van der Waals surface area contributed by atoms with Gasteiger partial charge >= 0.3 is 0 Å². The van der Waals surface area contributed by atoms with Gasteiger partial charge < -0.3 is 20.8 Å². The largest absolute Gasteiger partial charge is 0.464 e. The van der Waals surface area contributed by atoms with E-state index in [1.807, 2.05) is 25.1 Å². The molecule has 2 aromatic rings. The van der Waals surface area contributed by atoms with Crippen LogP contribution in [0.25, 0.3) is 11.0 Å². The lowest BCUT2D eigenvalue weighted by molar-refractivity contribution is -0.120. The monoisotopic (exact) mass is 319 g/mol. The predicted octanol–water partition coefficient (Wildman–Crippen LogP) is 2.59. The Hall–Kier alpha value is -1.92. The number of benzene rings is 1. The van der Waals surface area contributed by atoms with Crippen LogP contribution in [0.2, 0.25) is 0 Å². The van der Waals surface area contributed by atoms with Gasteiger partial charge in [-0.15, -0.1) is 0 Å². The summed E-state index contributed by atoms with van der Waals surface area (Å²) in [6.45, 7) is 1.84. The van der Waals surface area contributed by atoms with Crippen LogP contribution in [0.5, 0.6) is 0 Å². The summed E-state index contributed by atoms with van der Waals surface area (Å²) in [5.41, 5.74) is 8.56. The first-order valence-corrected chi connectivity index (χ1v) is 7.69. The van der Waals surface area contributed by atoms with Crippen LogP contribution in [-0.2, 0) is 11.2 Å². The number of fused-ring (bicyclic) bond motifs is 1. The van der Waals surface area contributed by atoms with Gasteiger partial charge in [-0.25, -0.2) is 0 Å². The summed E-state index contributed by atoms with van der Waals surface area (Å²) < 4.78 is 5.55. The number of thiocarbonyl (C=S) groups is 1. The number of hydrogen-bond donors (Lipinski definition) is 3. The maximum atomic E-state index is 11.3.